The van der Waals surface area contributed by atoms with Crippen LogP contribution in [0.3, 0.4) is 0 Å². The standard InChI is InChI=1S/C22H18FN3O3/c1-13-18(27)9-10-25-19(13)22(28)24-12-26(25)20-15-6-3-2-5-14(15)11-29-21-16(20)7-4-8-17(21)23/h2-10,20H,11-12H2,1H3,(H,24,28). The fourth-order valence-corrected chi connectivity index (χ4v) is 4.11. The molecule has 0 saturated carbocycles. The summed E-state index contributed by atoms with van der Waals surface area (Å²) < 4.78 is 22.2. The van der Waals surface area contributed by atoms with E-state index in [4.69, 9.17) is 4.74 Å². The molecule has 2 aliphatic heterocycles. The molecule has 7 heteroatoms. The molecule has 1 amide bonds. The average Bonchev–Trinajstić information content (AvgIpc) is 2.89. The van der Waals surface area contributed by atoms with Gasteiger partial charge in [0, 0.05) is 23.4 Å². The summed E-state index contributed by atoms with van der Waals surface area (Å²) in [5, 5.41) is 4.75. The number of amides is 1. The number of carbonyl (C=O) groups is 1. The first-order chi connectivity index (χ1) is 14.1. The van der Waals surface area contributed by atoms with Gasteiger partial charge in [0.05, 0.1) is 0 Å². The molecule has 29 heavy (non-hydrogen) atoms. The van der Waals surface area contributed by atoms with Crippen molar-refractivity contribution in [3.05, 3.63) is 98.7 Å². The van der Waals surface area contributed by atoms with Gasteiger partial charge in [0.2, 0.25) is 0 Å². The lowest BCUT2D eigenvalue weighted by Crippen LogP contribution is -2.54. The van der Waals surface area contributed by atoms with Gasteiger partial charge in [0.15, 0.2) is 17.0 Å². The predicted octanol–water partition coefficient (Wildman–Crippen LogP) is 2.62. The molecule has 6 nitrogen and oxygen atoms in total. The van der Waals surface area contributed by atoms with Gasteiger partial charge >= 0.3 is 0 Å². The number of hydrogen-bond donors (Lipinski definition) is 1. The number of benzene rings is 2. The molecule has 0 spiro atoms. The highest BCUT2D eigenvalue weighted by atomic mass is 19.1. The molecule has 5 rings (SSSR count). The van der Waals surface area contributed by atoms with Crippen LogP contribution in [0.1, 0.15) is 38.8 Å². The SMILES string of the molecule is Cc1c2n(ccc1=O)N(C1c3ccccc3COc3c(F)cccc31)CNC2=O. The molecule has 0 fully saturated rings. The molecular weight excluding hydrogens is 373 g/mol. The van der Waals surface area contributed by atoms with Gasteiger partial charge in [-0.05, 0) is 24.1 Å². The predicted molar refractivity (Wildman–Crippen MR) is 105 cm³/mol. The quantitative estimate of drug-likeness (QED) is 0.693. The molecule has 2 aliphatic rings. The minimum atomic E-state index is -0.433. The number of hydrogen-bond acceptors (Lipinski definition) is 4. The van der Waals surface area contributed by atoms with Gasteiger partial charge in [-0.2, -0.15) is 0 Å². The van der Waals surface area contributed by atoms with Crippen molar-refractivity contribution in [2.45, 2.75) is 19.6 Å². The van der Waals surface area contributed by atoms with Gasteiger partial charge in [0.1, 0.15) is 25.0 Å². The van der Waals surface area contributed by atoms with Crippen molar-refractivity contribution >= 4 is 5.91 Å². The number of ether oxygens (including phenoxy) is 1. The van der Waals surface area contributed by atoms with Crippen LogP contribution < -0.4 is 20.5 Å². The summed E-state index contributed by atoms with van der Waals surface area (Å²) in [6.07, 6.45) is 1.59. The van der Waals surface area contributed by atoms with Crippen LogP contribution in [0.5, 0.6) is 5.75 Å². The Kier molecular flexibility index (Phi) is 3.91. The normalized spacial score (nSPS) is 17.4. The van der Waals surface area contributed by atoms with Crippen LogP contribution in [0.2, 0.25) is 0 Å². The van der Waals surface area contributed by atoms with Crippen LogP contribution in [0.15, 0.2) is 59.5 Å². The van der Waals surface area contributed by atoms with E-state index in [-0.39, 0.29) is 36.1 Å². The second-order valence-corrected chi connectivity index (χ2v) is 7.15. The maximum atomic E-state index is 14.6. The molecule has 0 aliphatic carbocycles. The highest BCUT2D eigenvalue weighted by molar-refractivity contribution is 5.95. The number of carbonyl (C=O) groups excluding carboxylic acids is 1. The van der Waals surface area contributed by atoms with Crippen molar-refractivity contribution in [2.75, 3.05) is 11.7 Å². The Balaban J connectivity index is 1.78. The Morgan fingerprint density at radius 1 is 1.07 bits per heavy atom. The van der Waals surface area contributed by atoms with E-state index in [1.807, 2.05) is 35.3 Å². The number of aromatic nitrogens is 1. The second-order valence-electron chi connectivity index (χ2n) is 7.15. The minimum Gasteiger partial charge on any atom is -0.485 e. The monoisotopic (exact) mass is 391 g/mol. The first-order valence-electron chi connectivity index (χ1n) is 9.32. The van der Waals surface area contributed by atoms with Crippen LogP contribution in [-0.4, -0.2) is 17.3 Å². The molecule has 3 heterocycles. The lowest BCUT2D eigenvalue weighted by atomic mass is 9.94. The number of rotatable bonds is 1. The van der Waals surface area contributed by atoms with E-state index in [2.05, 4.69) is 5.32 Å². The Labute approximate surface area is 166 Å². The minimum absolute atomic E-state index is 0.198. The lowest BCUT2D eigenvalue weighted by Gasteiger charge is -2.40. The zero-order valence-corrected chi connectivity index (χ0v) is 15.7. The number of nitrogens with zero attached hydrogens (tertiary/aromatic N) is 2. The molecule has 1 unspecified atom stereocenters. The topological polar surface area (TPSA) is 63.6 Å². The Morgan fingerprint density at radius 3 is 2.72 bits per heavy atom. The van der Waals surface area contributed by atoms with E-state index >= 15 is 0 Å². The Hall–Kier alpha value is -3.61. The molecule has 3 aromatic rings. The van der Waals surface area contributed by atoms with Crippen molar-refractivity contribution < 1.29 is 13.9 Å². The Morgan fingerprint density at radius 2 is 1.86 bits per heavy atom. The highest BCUT2D eigenvalue weighted by Gasteiger charge is 2.35. The van der Waals surface area contributed by atoms with Crippen molar-refractivity contribution in [3.8, 4) is 5.75 Å². The molecule has 0 bridgehead atoms. The maximum absolute atomic E-state index is 14.6. The summed E-state index contributed by atoms with van der Waals surface area (Å²) in [5.41, 5.74) is 2.99. The van der Waals surface area contributed by atoms with E-state index in [0.717, 1.165) is 11.1 Å². The number of halogens is 1. The van der Waals surface area contributed by atoms with E-state index in [1.165, 1.54) is 12.1 Å². The van der Waals surface area contributed by atoms with Crippen LogP contribution in [0, 0.1) is 12.7 Å². The number of nitrogens with one attached hydrogen (secondary N) is 1. The van der Waals surface area contributed by atoms with Gasteiger partial charge in [-0.15, -0.1) is 0 Å². The summed E-state index contributed by atoms with van der Waals surface area (Å²) in [4.78, 5) is 24.7. The summed E-state index contributed by atoms with van der Waals surface area (Å²) in [7, 11) is 0. The summed E-state index contributed by atoms with van der Waals surface area (Å²) in [6, 6.07) is 13.7. The average molecular weight is 391 g/mol. The molecular formula is C22H18FN3O3. The zero-order chi connectivity index (χ0) is 20.1. The Bertz CT molecular complexity index is 1200. The third-order valence-electron chi connectivity index (χ3n) is 5.53. The maximum Gasteiger partial charge on any atom is 0.271 e. The van der Waals surface area contributed by atoms with Crippen LogP contribution in [0.4, 0.5) is 4.39 Å². The molecule has 146 valence electrons. The first kappa shape index (κ1) is 17.5. The summed E-state index contributed by atoms with van der Waals surface area (Å²) in [5.74, 6) is -0.545. The molecule has 1 aromatic heterocycles. The van der Waals surface area contributed by atoms with Gasteiger partial charge in [0.25, 0.3) is 5.91 Å². The summed E-state index contributed by atoms with van der Waals surface area (Å²) >= 11 is 0. The molecule has 0 saturated heterocycles. The molecule has 0 radical (unpaired) electrons. The largest absolute Gasteiger partial charge is 0.485 e. The number of pyridine rings is 1. The van der Waals surface area contributed by atoms with Crippen LogP contribution >= 0.6 is 0 Å². The smallest absolute Gasteiger partial charge is 0.271 e. The fraction of sp³-hybridized carbons (Fsp3) is 0.182. The van der Waals surface area contributed by atoms with Crippen LogP contribution in [0.25, 0.3) is 0 Å². The molecule has 2 aromatic carbocycles. The van der Waals surface area contributed by atoms with Crippen molar-refractivity contribution in [3.63, 3.8) is 0 Å². The lowest BCUT2D eigenvalue weighted by molar-refractivity contribution is 0.0919. The van der Waals surface area contributed by atoms with Crippen molar-refractivity contribution in [1.82, 2.24) is 9.99 Å². The van der Waals surface area contributed by atoms with Crippen molar-refractivity contribution in [2.24, 2.45) is 0 Å². The number of fused-ring (bicyclic) bond motifs is 3. The van der Waals surface area contributed by atoms with E-state index in [0.29, 0.717) is 11.1 Å². The first-order valence-corrected chi connectivity index (χ1v) is 9.32. The fourth-order valence-electron chi connectivity index (χ4n) is 4.11. The summed E-state index contributed by atoms with van der Waals surface area (Å²) in [6.45, 7) is 2.08. The third kappa shape index (κ3) is 2.61. The molecule has 1 atom stereocenters. The van der Waals surface area contributed by atoms with Gasteiger partial charge in [-0.1, -0.05) is 36.4 Å². The van der Waals surface area contributed by atoms with E-state index < -0.39 is 11.9 Å². The van der Waals surface area contributed by atoms with Gasteiger partial charge in [-0.25, -0.2) is 4.39 Å². The van der Waals surface area contributed by atoms with Gasteiger partial charge in [-0.3, -0.25) is 19.3 Å². The van der Waals surface area contributed by atoms with Gasteiger partial charge < -0.3 is 10.1 Å². The van der Waals surface area contributed by atoms with E-state index in [9.17, 15) is 14.0 Å². The highest BCUT2D eigenvalue weighted by Crippen LogP contribution is 2.40. The number of para-hydroxylation sites is 1. The zero-order valence-electron chi connectivity index (χ0n) is 15.7. The van der Waals surface area contributed by atoms with E-state index in [1.54, 1.807) is 23.9 Å². The second kappa shape index (κ2) is 6.48. The van der Waals surface area contributed by atoms with Crippen LogP contribution in [-0.2, 0) is 6.61 Å². The van der Waals surface area contributed by atoms with Crippen molar-refractivity contribution in [1.29, 1.82) is 0 Å². The third-order valence-corrected chi connectivity index (χ3v) is 5.53. The molecule has 1 N–H and O–H groups in total.